The van der Waals surface area contributed by atoms with Crippen LogP contribution in [0.1, 0.15) is 18.5 Å². The summed E-state index contributed by atoms with van der Waals surface area (Å²) >= 11 is 0. The highest BCUT2D eigenvalue weighted by molar-refractivity contribution is 5.48. The lowest BCUT2D eigenvalue weighted by Crippen LogP contribution is -2.44. The summed E-state index contributed by atoms with van der Waals surface area (Å²) < 4.78 is 12.3. The van der Waals surface area contributed by atoms with Gasteiger partial charge in [-0.25, -0.2) is 0 Å². The second kappa shape index (κ2) is 8.91. The number of hydrogen-bond acceptors (Lipinski definition) is 4. The average molecular weight is 374 g/mol. The minimum Gasteiger partial charge on any atom is -0.453 e. The van der Waals surface area contributed by atoms with Gasteiger partial charge in [0.25, 0.3) is 0 Å². The van der Waals surface area contributed by atoms with Gasteiger partial charge in [-0.2, -0.15) is 0 Å². The number of nitrogens with zero attached hydrogens (tertiary/aromatic N) is 1. The Hall–Kier alpha value is -2.82. The number of benzene rings is 3. The second-order valence-electron chi connectivity index (χ2n) is 7.00. The smallest absolute Gasteiger partial charge is 0.170 e. The van der Waals surface area contributed by atoms with Crippen LogP contribution in [0.4, 0.5) is 0 Å². The summed E-state index contributed by atoms with van der Waals surface area (Å²) in [6.45, 7) is 6.43. The van der Waals surface area contributed by atoms with Gasteiger partial charge in [0.05, 0.1) is 0 Å². The summed E-state index contributed by atoms with van der Waals surface area (Å²) in [5.41, 5.74) is 1.23. The Balaban J connectivity index is 1.63. The Bertz CT molecular complexity index is 878. The van der Waals surface area contributed by atoms with Crippen LogP contribution in [0.25, 0.3) is 0 Å². The molecule has 144 valence electrons. The minimum absolute atomic E-state index is 0.325. The summed E-state index contributed by atoms with van der Waals surface area (Å²) in [5.74, 6) is 3.04. The summed E-state index contributed by atoms with van der Waals surface area (Å²) in [5, 5.41) is 3.42. The summed E-state index contributed by atoms with van der Waals surface area (Å²) in [6.07, 6.45) is 0. The molecule has 4 rings (SSSR count). The Kier molecular flexibility index (Phi) is 5.90. The third-order valence-electron chi connectivity index (χ3n) is 5.09. The number of para-hydroxylation sites is 2. The zero-order valence-electron chi connectivity index (χ0n) is 16.2. The molecule has 0 unspecified atom stereocenters. The van der Waals surface area contributed by atoms with E-state index in [-0.39, 0.29) is 0 Å². The highest BCUT2D eigenvalue weighted by Crippen LogP contribution is 2.37. The van der Waals surface area contributed by atoms with E-state index in [0.29, 0.717) is 11.8 Å². The van der Waals surface area contributed by atoms with Gasteiger partial charge in [-0.15, -0.1) is 0 Å². The highest BCUT2D eigenvalue weighted by Gasteiger charge is 2.20. The second-order valence-corrected chi connectivity index (χ2v) is 7.00. The minimum atomic E-state index is 0.325. The van der Waals surface area contributed by atoms with E-state index >= 15 is 0 Å². The standard InChI is InChI=1S/C24H26N2O2/c1-19(26-16-14-25-15-17-26)20-12-13-23(27-21-8-4-2-5-9-21)24(18-20)28-22-10-6-3-7-11-22/h2-13,18-19,25H,14-17H2,1H3/t19-/m1/s1. The van der Waals surface area contributed by atoms with Gasteiger partial charge >= 0.3 is 0 Å². The summed E-state index contributed by atoms with van der Waals surface area (Å²) in [4.78, 5) is 2.50. The lowest BCUT2D eigenvalue weighted by molar-refractivity contribution is 0.185. The molecule has 0 spiro atoms. The van der Waals surface area contributed by atoms with Crippen LogP contribution in [0.5, 0.6) is 23.0 Å². The molecule has 28 heavy (non-hydrogen) atoms. The first-order chi connectivity index (χ1) is 13.8. The Morgan fingerprint density at radius 1 is 0.750 bits per heavy atom. The summed E-state index contributed by atoms with van der Waals surface area (Å²) in [7, 11) is 0. The lowest BCUT2D eigenvalue weighted by atomic mass is 10.1. The van der Waals surface area contributed by atoms with Gasteiger partial charge in [0.15, 0.2) is 11.5 Å². The molecule has 0 radical (unpaired) electrons. The monoisotopic (exact) mass is 374 g/mol. The van der Waals surface area contributed by atoms with Crippen molar-refractivity contribution in [3.8, 4) is 23.0 Å². The predicted molar refractivity (Wildman–Crippen MR) is 112 cm³/mol. The van der Waals surface area contributed by atoms with E-state index in [1.165, 1.54) is 5.56 Å². The van der Waals surface area contributed by atoms with Crippen molar-refractivity contribution < 1.29 is 9.47 Å². The molecule has 3 aromatic carbocycles. The molecular weight excluding hydrogens is 348 g/mol. The molecule has 3 aromatic rings. The number of ether oxygens (including phenoxy) is 2. The fraction of sp³-hybridized carbons (Fsp3) is 0.250. The first kappa shape index (κ1) is 18.5. The molecular formula is C24H26N2O2. The average Bonchev–Trinajstić information content (AvgIpc) is 2.76. The van der Waals surface area contributed by atoms with Crippen LogP contribution in [0.2, 0.25) is 0 Å². The number of nitrogens with one attached hydrogen (secondary N) is 1. The van der Waals surface area contributed by atoms with E-state index in [0.717, 1.165) is 43.4 Å². The van der Waals surface area contributed by atoms with E-state index in [9.17, 15) is 0 Å². The van der Waals surface area contributed by atoms with Gasteiger partial charge in [0.1, 0.15) is 11.5 Å². The molecule has 1 heterocycles. The van der Waals surface area contributed by atoms with Crippen molar-refractivity contribution in [3.05, 3.63) is 84.4 Å². The molecule has 4 nitrogen and oxygen atoms in total. The predicted octanol–water partition coefficient (Wildman–Crippen LogP) is 5.24. The van der Waals surface area contributed by atoms with Crippen LogP contribution in [-0.2, 0) is 0 Å². The van der Waals surface area contributed by atoms with Crippen molar-refractivity contribution in [1.29, 1.82) is 0 Å². The zero-order chi connectivity index (χ0) is 19.2. The van der Waals surface area contributed by atoms with Crippen LogP contribution in [-0.4, -0.2) is 31.1 Å². The summed E-state index contributed by atoms with van der Waals surface area (Å²) in [6, 6.07) is 26.2. The molecule has 0 aromatic heterocycles. The van der Waals surface area contributed by atoms with E-state index < -0.39 is 0 Å². The first-order valence-corrected chi connectivity index (χ1v) is 9.84. The van der Waals surface area contributed by atoms with Crippen LogP contribution in [0.3, 0.4) is 0 Å². The van der Waals surface area contributed by atoms with Crippen molar-refractivity contribution >= 4 is 0 Å². The van der Waals surface area contributed by atoms with Crippen molar-refractivity contribution in [3.63, 3.8) is 0 Å². The SMILES string of the molecule is C[C@H](c1ccc(Oc2ccccc2)c(Oc2ccccc2)c1)N1CCNCC1. The van der Waals surface area contributed by atoms with Crippen LogP contribution in [0.15, 0.2) is 78.9 Å². The maximum Gasteiger partial charge on any atom is 0.170 e. The van der Waals surface area contributed by atoms with E-state index in [4.69, 9.17) is 9.47 Å². The molecule has 1 saturated heterocycles. The maximum absolute atomic E-state index is 6.20. The van der Waals surface area contributed by atoms with E-state index in [1.54, 1.807) is 0 Å². The topological polar surface area (TPSA) is 33.7 Å². The van der Waals surface area contributed by atoms with Gasteiger partial charge in [-0.3, -0.25) is 4.90 Å². The van der Waals surface area contributed by atoms with Crippen LogP contribution in [0, 0.1) is 0 Å². The van der Waals surface area contributed by atoms with Gasteiger partial charge in [0.2, 0.25) is 0 Å². The molecule has 4 heteroatoms. The number of piperazine rings is 1. The molecule has 1 N–H and O–H groups in total. The maximum atomic E-state index is 6.20. The van der Waals surface area contributed by atoms with E-state index in [2.05, 4.69) is 29.3 Å². The van der Waals surface area contributed by atoms with Crippen molar-refractivity contribution in [2.45, 2.75) is 13.0 Å². The molecule has 1 aliphatic rings. The van der Waals surface area contributed by atoms with Gasteiger partial charge < -0.3 is 14.8 Å². The number of hydrogen-bond donors (Lipinski definition) is 1. The van der Waals surface area contributed by atoms with Crippen molar-refractivity contribution in [1.82, 2.24) is 10.2 Å². The number of rotatable bonds is 6. The van der Waals surface area contributed by atoms with Gasteiger partial charge in [-0.05, 0) is 48.9 Å². The third kappa shape index (κ3) is 4.53. The highest BCUT2D eigenvalue weighted by atomic mass is 16.5. The van der Waals surface area contributed by atoms with Gasteiger partial charge in [0, 0.05) is 32.2 Å². The van der Waals surface area contributed by atoms with Crippen molar-refractivity contribution in [2.24, 2.45) is 0 Å². The van der Waals surface area contributed by atoms with Crippen molar-refractivity contribution in [2.75, 3.05) is 26.2 Å². The third-order valence-corrected chi connectivity index (χ3v) is 5.09. The Labute approximate surface area is 166 Å². The molecule has 1 atom stereocenters. The molecule has 0 bridgehead atoms. The van der Waals surface area contributed by atoms with Crippen LogP contribution >= 0.6 is 0 Å². The van der Waals surface area contributed by atoms with Gasteiger partial charge in [-0.1, -0.05) is 42.5 Å². The Morgan fingerprint density at radius 2 is 1.32 bits per heavy atom. The Morgan fingerprint density at radius 3 is 1.93 bits per heavy atom. The van der Waals surface area contributed by atoms with Crippen LogP contribution < -0.4 is 14.8 Å². The first-order valence-electron chi connectivity index (χ1n) is 9.84. The molecule has 0 amide bonds. The van der Waals surface area contributed by atoms with E-state index in [1.807, 2.05) is 66.7 Å². The molecule has 0 aliphatic carbocycles. The fourth-order valence-corrected chi connectivity index (χ4v) is 3.46. The molecule has 0 saturated carbocycles. The quantitative estimate of drug-likeness (QED) is 0.640. The molecule has 1 fully saturated rings. The molecule has 1 aliphatic heterocycles. The largest absolute Gasteiger partial charge is 0.453 e. The fourth-order valence-electron chi connectivity index (χ4n) is 3.46. The lowest BCUT2D eigenvalue weighted by Gasteiger charge is -2.33. The normalized spacial score (nSPS) is 15.8. The zero-order valence-corrected chi connectivity index (χ0v) is 16.2.